The molecule has 3 N–H and O–H groups in total. The number of thiophene rings is 1. The number of benzene rings is 1. The van der Waals surface area contributed by atoms with E-state index in [9.17, 15) is 14.4 Å². The fourth-order valence-electron chi connectivity index (χ4n) is 2.76. The summed E-state index contributed by atoms with van der Waals surface area (Å²) in [6.07, 6.45) is 0. The third-order valence-electron chi connectivity index (χ3n) is 4.19. The Labute approximate surface area is 169 Å². The number of nitrogen functional groups attached to an aromatic ring is 1. The summed E-state index contributed by atoms with van der Waals surface area (Å²) in [7, 11) is 3.93. The smallest absolute Gasteiger partial charge is 0.355 e. The molecule has 3 aromatic rings. The molecule has 0 aliphatic rings. The predicted molar refractivity (Wildman–Crippen MR) is 105 cm³/mol. The maximum Gasteiger partial charge on any atom is 0.355 e. The van der Waals surface area contributed by atoms with Crippen LogP contribution in [0.1, 0.15) is 36.1 Å². The van der Waals surface area contributed by atoms with Crippen molar-refractivity contribution >= 4 is 45.1 Å². The van der Waals surface area contributed by atoms with E-state index in [1.54, 1.807) is 31.4 Å². The Hall–Kier alpha value is -3.53. The molecule has 2 heterocycles. The average Bonchev–Trinajstić information content (AvgIpc) is 3.30. The third-order valence-corrected chi connectivity index (χ3v) is 5.23. The molecular formula is C19H18N2O7S. The molecule has 0 saturated heterocycles. The van der Waals surface area contributed by atoms with Crippen molar-refractivity contribution < 1.29 is 33.3 Å². The van der Waals surface area contributed by atoms with Crippen molar-refractivity contribution in [2.45, 2.75) is 6.61 Å². The van der Waals surface area contributed by atoms with Gasteiger partial charge in [-0.1, -0.05) is 0 Å². The number of aromatic amines is 1. The van der Waals surface area contributed by atoms with Crippen LogP contribution in [0.15, 0.2) is 24.3 Å². The molecular weight excluding hydrogens is 400 g/mol. The van der Waals surface area contributed by atoms with E-state index >= 15 is 0 Å². The van der Waals surface area contributed by atoms with Crippen LogP contribution < -0.4 is 10.5 Å². The lowest BCUT2D eigenvalue weighted by Gasteiger charge is -2.07. The van der Waals surface area contributed by atoms with Crippen molar-refractivity contribution in [2.75, 3.05) is 27.1 Å². The van der Waals surface area contributed by atoms with Gasteiger partial charge in [-0.3, -0.25) is 0 Å². The highest BCUT2D eigenvalue weighted by molar-refractivity contribution is 7.18. The zero-order valence-electron chi connectivity index (χ0n) is 15.9. The average molecular weight is 418 g/mol. The van der Waals surface area contributed by atoms with Crippen LogP contribution in [0.4, 0.5) is 5.00 Å². The number of carbonyl (C=O) groups is 3. The maximum absolute atomic E-state index is 12.5. The van der Waals surface area contributed by atoms with Gasteiger partial charge in [-0.05, 0) is 18.2 Å². The Balaban J connectivity index is 1.87. The highest BCUT2D eigenvalue weighted by Gasteiger charge is 2.28. The number of aromatic nitrogens is 1. The Kier molecular flexibility index (Phi) is 5.74. The number of anilines is 1. The molecule has 0 fully saturated rings. The van der Waals surface area contributed by atoms with E-state index in [1.807, 2.05) is 0 Å². The minimum atomic E-state index is -0.738. The quantitative estimate of drug-likeness (QED) is 0.462. The molecule has 0 radical (unpaired) electrons. The van der Waals surface area contributed by atoms with Crippen molar-refractivity contribution in [3.05, 3.63) is 46.0 Å². The van der Waals surface area contributed by atoms with Gasteiger partial charge in [0, 0.05) is 22.5 Å². The molecule has 0 aliphatic heterocycles. The summed E-state index contributed by atoms with van der Waals surface area (Å²) in [6.45, 7) is -0.361. The van der Waals surface area contributed by atoms with Gasteiger partial charge in [0.15, 0.2) is 0 Å². The van der Waals surface area contributed by atoms with Crippen molar-refractivity contribution in [2.24, 2.45) is 0 Å². The third kappa shape index (κ3) is 3.87. The van der Waals surface area contributed by atoms with E-state index < -0.39 is 17.9 Å². The van der Waals surface area contributed by atoms with Gasteiger partial charge in [0.2, 0.25) is 0 Å². The number of carbonyl (C=O) groups excluding carboxylic acids is 3. The van der Waals surface area contributed by atoms with E-state index in [-0.39, 0.29) is 33.3 Å². The van der Waals surface area contributed by atoms with Gasteiger partial charge >= 0.3 is 17.9 Å². The first kappa shape index (κ1) is 20.2. The van der Waals surface area contributed by atoms with Crippen LogP contribution in [0, 0.1) is 0 Å². The predicted octanol–water partition coefficient (Wildman–Crippen LogP) is 2.75. The molecule has 2 aromatic heterocycles. The highest BCUT2D eigenvalue weighted by atomic mass is 32.1. The van der Waals surface area contributed by atoms with Crippen LogP contribution in [-0.2, 0) is 20.8 Å². The molecule has 1 aromatic carbocycles. The number of rotatable bonds is 6. The van der Waals surface area contributed by atoms with Crippen LogP contribution >= 0.6 is 11.3 Å². The maximum atomic E-state index is 12.5. The van der Waals surface area contributed by atoms with E-state index in [2.05, 4.69) is 4.98 Å². The van der Waals surface area contributed by atoms with Crippen molar-refractivity contribution in [3.8, 4) is 5.75 Å². The van der Waals surface area contributed by atoms with Gasteiger partial charge in [0.05, 0.1) is 21.3 Å². The van der Waals surface area contributed by atoms with E-state index in [0.717, 1.165) is 16.7 Å². The molecule has 152 valence electrons. The lowest BCUT2D eigenvalue weighted by atomic mass is 10.1. The Bertz CT molecular complexity index is 1100. The molecule has 9 nitrogen and oxygen atoms in total. The standard InChI is InChI=1S/C19H18N2O7S/c1-25-10-5-4-9-6-13(21-12(9)7-10)17(22)28-8-11-14(18(23)26-2)16(20)29-15(11)19(24)27-3/h4-7,21H,8,20H2,1-3H3. The number of nitrogens with two attached hydrogens (primary N) is 1. The SMILES string of the molecule is COC(=O)c1sc(N)c(C(=O)OC)c1COC(=O)c1cc2ccc(OC)cc2[nH]1. The van der Waals surface area contributed by atoms with Crippen LogP contribution in [-0.4, -0.2) is 44.2 Å². The Morgan fingerprint density at radius 3 is 2.41 bits per heavy atom. The molecule has 0 saturated carbocycles. The van der Waals surface area contributed by atoms with E-state index in [4.69, 9.17) is 24.7 Å². The number of H-pyrrole nitrogens is 1. The van der Waals surface area contributed by atoms with Gasteiger partial charge in [0.25, 0.3) is 0 Å². The van der Waals surface area contributed by atoms with Gasteiger partial charge in [0.1, 0.15) is 33.5 Å². The minimum Gasteiger partial charge on any atom is -0.497 e. The lowest BCUT2D eigenvalue weighted by Crippen LogP contribution is -2.13. The number of ether oxygens (including phenoxy) is 4. The molecule has 0 amide bonds. The zero-order chi connectivity index (χ0) is 21.1. The van der Waals surface area contributed by atoms with E-state index in [0.29, 0.717) is 11.3 Å². The fraction of sp³-hybridized carbons (Fsp3) is 0.211. The molecule has 0 unspecified atom stereocenters. The number of nitrogens with one attached hydrogen (secondary N) is 1. The normalized spacial score (nSPS) is 10.6. The summed E-state index contributed by atoms with van der Waals surface area (Å²) in [5.74, 6) is -1.46. The molecule has 0 spiro atoms. The number of methoxy groups -OCH3 is 3. The van der Waals surface area contributed by atoms with Crippen LogP contribution in [0.2, 0.25) is 0 Å². The van der Waals surface area contributed by atoms with Gasteiger partial charge in [-0.25, -0.2) is 14.4 Å². The number of hydrogen-bond donors (Lipinski definition) is 2. The molecule has 10 heteroatoms. The largest absolute Gasteiger partial charge is 0.497 e. The summed E-state index contributed by atoms with van der Waals surface area (Å²) in [6, 6.07) is 6.94. The number of esters is 3. The summed E-state index contributed by atoms with van der Waals surface area (Å²) in [5.41, 5.74) is 6.87. The van der Waals surface area contributed by atoms with Crippen LogP contribution in [0.25, 0.3) is 10.9 Å². The van der Waals surface area contributed by atoms with Crippen LogP contribution in [0.3, 0.4) is 0 Å². The molecule has 0 atom stereocenters. The summed E-state index contributed by atoms with van der Waals surface area (Å²) in [5, 5.41) is 0.865. The van der Waals surface area contributed by atoms with Gasteiger partial charge in [-0.2, -0.15) is 0 Å². The summed E-state index contributed by atoms with van der Waals surface area (Å²) < 4.78 is 19.9. The minimum absolute atomic E-state index is 0.0212. The molecule has 0 aliphatic carbocycles. The summed E-state index contributed by atoms with van der Waals surface area (Å²) in [4.78, 5) is 39.6. The number of hydrogen-bond acceptors (Lipinski definition) is 9. The Morgan fingerprint density at radius 1 is 1.03 bits per heavy atom. The zero-order valence-corrected chi connectivity index (χ0v) is 16.7. The lowest BCUT2D eigenvalue weighted by molar-refractivity contribution is 0.0447. The van der Waals surface area contributed by atoms with Crippen molar-refractivity contribution in [1.82, 2.24) is 4.98 Å². The first-order valence-electron chi connectivity index (χ1n) is 8.31. The first-order chi connectivity index (χ1) is 13.9. The van der Waals surface area contributed by atoms with Crippen LogP contribution in [0.5, 0.6) is 5.75 Å². The second kappa shape index (κ2) is 8.23. The highest BCUT2D eigenvalue weighted by Crippen LogP contribution is 2.33. The summed E-state index contributed by atoms with van der Waals surface area (Å²) >= 11 is 0.862. The molecule has 29 heavy (non-hydrogen) atoms. The van der Waals surface area contributed by atoms with Gasteiger partial charge in [-0.15, -0.1) is 11.3 Å². The Morgan fingerprint density at radius 2 is 1.76 bits per heavy atom. The second-order valence-electron chi connectivity index (χ2n) is 5.84. The molecule has 3 rings (SSSR count). The second-order valence-corrected chi connectivity index (χ2v) is 6.90. The van der Waals surface area contributed by atoms with Crippen molar-refractivity contribution in [3.63, 3.8) is 0 Å². The number of fused-ring (bicyclic) bond motifs is 1. The molecule has 0 bridgehead atoms. The topological polar surface area (TPSA) is 130 Å². The fourth-order valence-corrected chi connectivity index (χ4v) is 3.74. The first-order valence-corrected chi connectivity index (χ1v) is 9.12. The van der Waals surface area contributed by atoms with Gasteiger partial charge < -0.3 is 29.7 Å². The van der Waals surface area contributed by atoms with Crippen molar-refractivity contribution in [1.29, 1.82) is 0 Å². The monoisotopic (exact) mass is 418 g/mol. The van der Waals surface area contributed by atoms with E-state index in [1.165, 1.54) is 14.2 Å².